The molecule has 0 unspecified atom stereocenters. The second-order valence-corrected chi connectivity index (χ2v) is 10.2. The lowest BCUT2D eigenvalue weighted by Crippen LogP contribution is -2.08. The first-order valence-corrected chi connectivity index (χ1v) is 12.8. The van der Waals surface area contributed by atoms with E-state index in [1.165, 1.54) is 16.8 Å². The Morgan fingerprint density at radius 2 is 1.69 bits per heavy atom. The second kappa shape index (κ2) is 10.5. The third kappa shape index (κ3) is 5.21. The molecule has 0 saturated heterocycles. The van der Waals surface area contributed by atoms with Crippen molar-refractivity contribution in [2.24, 2.45) is 0 Å². The highest BCUT2D eigenvalue weighted by Crippen LogP contribution is 2.36. The summed E-state index contributed by atoms with van der Waals surface area (Å²) in [7, 11) is 0. The smallest absolute Gasteiger partial charge is 0.221 e. The molecule has 0 aliphatic heterocycles. The van der Waals surface area contributed by atoms with Crippen molar-refractivity contribution in [1.82, 2.24) is 40.0 Å². The highest BCUT2D eigenvalue weighted by Gasteiger charge is 2.24. The van der Waals surface area contributed by atoms with E-state index in [4.69, 9.17) is 10.1 Å². The zero-order valence-electron chi connectivity index (χ0n) is 22.1. The molecule has 3 aromatic heterocycles. The van der Waals surface area contributed by atoms with E-state index in [0.29, 0.717) is 23.6 Å². The first-order valence-electron chi connectivity index (χ1n) is 12.8. The van der Waals surface area contributed by atoms with Crippen LogP contribution < -0.4 is 0 Å². The van der Waals surface area contributed by atoms with Crippen LogP contribution in [0.15, 0.2) is 30.3 Å². The fraction of sp³-hybridized carbons (Fsp3) is 0.519. The van der Waals surface area contributed by atoms with Crippen molar-refractivity contribution < 1.29 is 0 Å². The number of H-pyrrole nitrogens is 1. The Kier molecular flexibility index (Phi) is 7.48. The molecule has 186 valence electrons. The fourth-order valence-corrected chi connectivity index (χ4v) is 4.39. The van der Waals surface area contributed by atoms with Gasteiger partial charge >= 0.3 is 0 Å². The molecule has 1 N–H and O–H groups in total. The molecular weight excluding hydrogens is 436 g/mol. The average Bonchev–Trinajstić information content (AvgIpc) is 3.56. The van der Waals surface area contributed by atoms with Crippen LogP contribution in [-0.2, 0) is 13.0 Å². The van der Waals surface area contributed by atoms with Crippen molar-refractivity contribution in [3.05, 3.63) is 58.8 Å². The Labute approximate surface area is 208 Å². The van der Waals surface area contributed by atoms with Gasteiger partial charge in [0, 0.05) is 23.7 Å². The summed E-state index contributed by atoms with van der Waals surface area (Å²) in [5, 5.41) is 19.9. The molecule has 0 spiro atoms. The number of hydrogen-bond donors (Lipinski definition) is 1. The summed E-state index contributed by atoms with van der Waals surface area (Å²) < 4.78 is 4.37. The fourth-order valence-electron chi connectivity index (χ4n) is 4.39. The van der Waals surface area contributed by atoms with E-state index in [2.05, 4.69) is 109 Å². The van der Waals surface area contributed by atoms with Crippen LogP contribution in [0.4, 0.5) is 0 Å². The minimum atomic E-state index is 0.320. The molecule has 4 rings (SSSR count). The van der Waals surface area contributed by atoms with Crippen LogP contribution >= 0.6 is 0 Å². The van der Waals surface area contributed by atoms with Gasteiger partial charge in [0.1, 0.15) is 5.82 Å². The predicted octanol–water partition coefficient (Wildman–Crippen LogP) is 6.01. The van der Waals surface area contributed by atoms with E-state index < -0.39 is 0 Å². The van der Waals surface area contributed by atoms with E-state index in [9.17, 15) is 0 Å². The van der Waals surface area contributed by atoms with Crippen molar-refractivity contribution >= 4 is 0 Å². The lowest BCUT2D eigenvalue weighted by molar-refractivity contribution is 0.610. The lowest BCUT2D eigenvalue weighted by Gasteiger charge is -2.16. The molecule has 0 fully saturated rings. The number of rotatable bonds is 10. The van der Waals surface area contributed by atoms with Crippen molar-refractivity contribution in [2.75, 3.05) is 0 Å². The van der Waals surface area contributed by atoms with Gasteiger partial charge in [-0.3, -0.25) is 0 Å². The van der Waals surface area contributed by atoms with Crippen LogP contribution in [-0.4, -0.2) is 40.0 Å². The van der Waals surface area contributed by atoms with Crippen molar-refractivity contribution in [1.29, 1.82) is 0 Å². The Morgan fingerprint density at radius 3 is 2.26 bits per heavy atom. The van der Waals surface area contributed by atoms with Gasteiger partial charge in [-0.05, 0) is 52.8 Å². The van der Waals surface area contributed by atoms with E-state index in [0.717, 1.165) is 48.8 Å². The van der Waals surface area contributed by atoms with Crippen LogP contribution in [0.3, 0.4) is 0 Å². The van der Waals surface area contributed by atoms with E-state index >= 15 is 0 Å². The number of nitrogens with one attached hydrogen (secondary N) is 1. The molecule has 0 amide bonds. The number of aromatic amines is 1. The Hall–Kier alpha value is -3.29. The van der Waals surface area contributed by atoms with Gasteiger partial charge in [-0.2, -0.15) is 10.3 Å². The molecule has 0 atom stereocenters. The van der Waals surface area contributed by atoms with Crippen LogP contribution in [0, 0.1) is 0 Å². The van der Waals surface area contributed by atoms with Gasteiger partial charge in [0.05, 0.1) is 12.2 Å². The molecule has 0 aliphatic rings. The SMILES string of the molecule is CCCCc1nc(C(C)C)nn1Cc1ccc(-n2c(C(C)C)cc(C(C)C)c2-c2nn[nH]n2)cc1. The summed E-state index contributed by atoms with van der Waals surface area (Å²) >= 11 is 0. The lowest BCUT2D eigenvalue weighted by atomic mass is 10.0. The van der Waals surface area contributed by atoms with Gasteiger partial charge in [-0.25, -0.2) is 9.67 Å². The van der Waals surface area contributed by atoms with Gasteiger partial charge in [-0.15, -0.1) is 10.2 Å². The number of aromatic nitrogens is 8. The van der Waals surface area contributed by atoms with Crippen LogP contribution in [0.1, 0.15) is 108 Å². The van der Waals surface area contributed by atoms with Gasteiger partial charge in [0.25, 0.3) is 0 Å². The maximum absolute atomic E-state index is 4.82. The third-order valence-electron chi connectivity index (χ3n) is 6.39. The summed E-state index contributed by atoms with van der Waals surface area (Å²) in [6, 6.07) is 11.0. The van der Waals surface area contributed by atoms with E-state index in [1.807, 2.05) is 0 Å². The quantitative estimate of drug-likeness (QED) is 0.304. The topological polar surface area (TPSA) is 90.1 Å². The zero-order valence-corrected chi connectivity index (χ0v) is 22.1. The van der Waals surface area contributed by atoms with E-state index in [-0.39, 0.29) is 0 Å². The molecule has 0 radical (unpaired) electrons. The Morgan fingerprint density at radius 1 is 0.943 bits per heavy atom. The first kappa shape index (κ1) is 24.8. The number of nitrogens with zero attached hydrogens (tertiary/aromatic N) is 7. The van der Waals surface area contributed by atoms with Gasteiger partial charge in [-0.1, -0.05) is 67.0 Å². The minimum absolute atomic E-state index is 0.320. The molecule has 1 aromatic carbocycles. The van der Waals surface area contributed by atoms with Crippen molar-refractivity contribution in [3.63, 3.8) is 0 Å². The van der Waals surface area contributed by atoms with Crippen LogP contribution in [0.5, 0.6) is 0 Å². The maximum Gasteiger partial charge on any atom is 0.221 e. The summed E-state index contributed by atoms with van der Waals surface area (Å²) in [6.07, 6.45) is 3.23. The molecule has 0 aliphatic carbocycles. The van der Waals surface area contributed by atoms with Crippen LogP contribution in [0.2, 0.25) is 0 Å². The average molecular weight is 475 g/mol. The summed E-state index contributed by atoms with van der Waals surface area (Å²) in [4.78, 5) is 4.82. The zero-order chi connectivity index (χ0) is 25.1. The van der Waals surface area contributed by atoms with Crippen molar-refractivity contribution in [3.8, 4) is 17.2 Å². The normalized spacial score (nSPS) is 11.9. The largest absolute Gasteiger partial charge is 0.310 e. The summed E-state index contributed by atoms with van der Waals surface area (Å²) in [6.45, 7) is 16.1. The molecule has 4 aromatic rings. The van der Waals surface area contributed by atoms with Gasteiger partial charge in [0.15, 0.2) is 5.82 Å². The number of unbranched alkanes of at least 4 members (excludes halogenated alkanes) is 1. The highest BCUT2D eigenvalue weighted by molar-refractivity contribution is 5.63. The Bertz CT molecular complexity index is 1230. The molecule has 8 nitrogen and oxygen atoms in total. The predicted molar refractivity (Wildman–Crippen MR) is 139 cm³/mol. The standard InChI is InChI=1S/C27H38N8/c1-8-9-10-24-28-26(19(6)7)31-34(24)16-20-11-13-21(14-12-20)35-23(18(4)5)15-22(17(2)3)25(35)27-29-32-33-30-27/h11-15,17-19H,8-10,16H2,1-7H3,(H,29,30,32,33). The van der Waals surface area contributed by atoms with Gasteiger partial charge < -0.3 is 4.57 Å². The molecule has 3 heterocycles. The molecule has 35 heavy (non-hydrogen) atoms. The van der Waals surface area contributed by atoms with E-state index in [1.54, 1.807) is 0 Å². The van der Waals surface area contributed by atoms with Gasteiger partial charge in [0.2, 0.25) is 5.82 Å². The highest BCUT2D eigenvalue weighted by atomic mass is 15.5. The second-order valence-electron chi connectivity index (χ2n) is 10.2. The maximum atomic E-state index is 4.82. The molecular formula is C27H38N8. The molecule has 0 bridgehead atoms. The monoisotopic (exact) mass is 474 g/mol. The molecule has 0 saturated carbocycles. The summed E-state index contributed by atoms with van der Waals surface area (Å²) in [5.41, 5.74) is 5.77. The third-order valence-corrected chi connectivity index (χ3v) is 6.39. The summed E-state index contributed by atoms with van der Waals surface area (Å²) in [5.74, 6) is 3.62. The molecule has 8 heteroatoms. The number of benzene rings is 1. The first-order chi connectivity index (χ1) is 16.8. The van der Waals surface area contributed by atoms with Crippen LogP contribution in [0.25, 0.3) is 17.2 Å². The van der Waals surface area contributed by atoms with Crippen molar-refractivity contribution in [2.45, 2.75) is 92.0 Å². The Balaban J connectivity index is 1.71. The minimum Gasteiger partial charge on any atom is -0.310 e. The number of hydrogen-bond acceptors (Lipinski definition) is 5. The number of tetrazole rings is 1. The number of aryl methyl sites for hydroxylation is 1.